The van der Waals surface area contributed by atoms with Crippen LogP contribution in [-0.2, 0) is 6.54 Å². The zero-order valence-corrected chi connectivity index (χ0v) is 11.8. The van der Waals surface area contributed by atoms with Gasteiger partial charge in [-0.15, -0.1) is 0 Å². The number of hydrogen-bond acceptors (Lipinski definition) is 2. The molecular weight excluding hydrogens is 220 g/mol. The molecule has 2 heteroatoms. The summed E-state index contributed by atoms with van der Waals surface area (Å²) in [6.07, 6.45) is 5.10. The molecule has 0 amide bonds. The molecule has 0 saturated carbocycles. The number of benzene rings is 1. The molecule has 18 heavy (non-hydrogen) atoms. The number of rotatable bonds is 6. The molecule has 0 aromatic heterocycles. The summed E-state index contributed by atoms with van der Waals surface area (Å²) >= 11 is 0. The summed E-state index contributed by atoms with van der Waals surface area (Å²) in [5.41, 5.74) is 2.78. The van der Waals surface area contributed by atoms with Crippen LogP contribution in [0.25, 0.3) is 0 Å². The molecule has 1 saturated heterocycles. The van der Waals surface area contributed by atoms with Crippen molar-refractivity contribution in [3.8, 4) is 0 Å². The molecule has 1 heterocycles. The first-order chi connectivity index (χ1) is 8.83. The van der Waals surface area contributed by atoms with Gasteiger partial charge in [0.25, 0.3) is 0 Å². The number of nitrogens with zero attached hydrogens (tertiary/aromatic N) is 1. The van der Waals surface area contributed by atoms with E-state index in [2.05, 4.69) is 48.3 Å². The molecule has 2 rings (SSSR count). The van der Waals surface area contributed by atoms with E-state index in [9.17, 15) is 0 Å². The smallest absolute Gasteiger partial charge is 0.0388 e. The fraction of sp³-hybridized carbons (Fsp3) is 0.625. The average molecular weight is 246 g/mol. The summed E-state index contributed by atoms with van der Waals surface area (Å²) in [7, 11) is 0. The lowest BCUT2D eigenvalue weighted by Gasteiger charge is -2.22. The lowest BCUT2D eigenvalue weighted by molar-refractivity contribution is 0.332. The van der Waals surface area contributed by atoms with Crippen LogP contribution in [0.5, 0.6) is 0 Å². The van der Waals surface area contributed by atoms with Gasteiger partial charge in [-0.05, 0) is 50.4 Å². The summed E-state index contributed by atoms with van der Waals surface area (Å²) in [6.45, 7) is 8.14. The second kappa shape index (κ2) is 6.79. The molecule has 2 nitrogen and oxygen atoms in total. The van der Waals surface area contributed by atoms with Gasteiger partial charge in [0.1, 0.15) is 0 Å². The van der Waals surface area contributed by atoms with Gasteiger partial charge in [-0.3, -0.25) is 4.90 Å². The fourth-order valence-corrected chi connectivity index (χ4v) is 2.69. The van der Waals surface area contributed by atoms with Crippen LogP contribution in [0, 0.1) is 0 Å². The Labute approximate surface area is 111 Å². The fourth-order valence-electron chi connectivity index (χ4n) is 2.69. The average Bonchev–Trinajstić information content (AvgIpc) is 2.90. The second-order valence-corrected chi connectivity index (χ2v) is 5.30. The van der Waals surface area contributed by atoms with Crippen molar-refractivity contribution in [1.82, 2.24) is 4.90 Å². The third kappa shape index (κ3) is 3.49. The molecule has 0 radical (unpaired) electrons. The van der Waals surface area contributed by atoms with E-state index in [0.29, 0.717) is 6.04 Å². The summed E-state index contributed by atoms with van der Waals surface area (Å²) in [4.78, 5) is 2.56. The molecule has 0 bridgehead atoms. The van der Waals surface area contributed by atoms with Gasteiger partial charge in [0.2, 0.25) is 0 Å². The minimum absolute atomic E-state index is 0.602. The third-order valence-electron chi connectivity index (χ3n) is 3.96. The lowest BCUT2D eigenvalue weighted by Crippen LogP contribution is -2.22. The minimum atomic E-state index is 0.602. The molecule has 1 aromatic rings. The highest BCUT2D eigenvalue weighted by atomic mass is 15.1. The Morgan fingerprint density at radius 1 is 1.11 bits per heavy atom. The highest BCUT2D eigenvalue weighted by Crippen LogP contribution is 2.21. The molecule has 0 atom stereocenters. The maximum absolute atomic E-state index is 3.69. The van der Waals surface area contributed by atoms with Crippen LogP contribution in [0.3, 0.4) is 0 Å². The van der Waals surface area contributed by atoms with E-state index in [1.54, 1.807) is 0 Å². The topological polar surface area (TPSA) is 15.3 Å². The third-order valence-corrected chi connectivity index (χ3v) is 3.96. The largest absolute Gasteiger partial charge is 0.382 e. The van der Waals surface area contributed by atoms with Gasteiger partial charge in [0.15, 0.2) is 0 Å². The maximum Gasteiger partial charge on any atom is 0.0388 e. The molecular formula is C16H26N2. The van der Waals surface area contributed by atoms with Gasteiger partial charge in [0.05, 0.1) is 0 Å². The number of nitrogens with one attached hydrogen (secondary N) is 1. The Morgan fingerprint density at radius 3 is 2.44 bits per heavy atom. The molecule has 1 fully saturated rings. The van der Waals surface area contributed by atoms with E-state index in [0.717, 1.165) is 6.54 Å². The van der Waals surface area contributed by atoms with Gasteiger partial charge >= 0.3 is 0 Å². The van der Waals surface area contributed by atoms with Crippen LogP contribution in [0.4, 0.5) is 5.69 Å². The van der Waals surface area contributed by atoms with Crippen molar-refractivity contribution in [3.63, 3.8) is 0 Å². The van der Waals surface area contributed by atoms with E-state index in [1.807, 2.05) is 0 Å². The second-order valence-electron chi connectivity index (χ2n) is 5.30. The normalized spacial score (nSPS) is 16.4. The van der Waals surface area contributed by atoms with Crippen LogP contribution < -0.4 is 5.32 Å². The Bertz CT molecular complexity index is 329. The first-order valence-corrected chi connectivity index (χ1v) is 7.40. The molecule has 0 aliphatic carbocycles. The molecule has 1 aliphatic heterocycles. The molecule has 100 valence electrons. The number of anilines is 1. The van der Waals surface area contributed by atoms with E-state index in [-0.39, 0.29) is 0 Å². The zero-order valence-electron chi connectivity index (χ0n) is 11.8. The Balaban J connectivity index is 2.04. The first kappa shape index (κ1) is 13.4. The van der Waals surface area contributed by atoms with Crippen molar-refractivity contribution in [2.75, 3.05) is 18.4 Å². The predicted octanol–water partition coefficient (Wildman–Crippen LogP) is 3.88. The summed E-state index contributed by atoms with van der Waals surface area (Å²) in [6, 6.07) is 9.39. The van der Waals surface area contributed by atoms with E-state index >= 15 is 0 Å². The van der Waals surface area contributed by atoms with Crippen molar-refractivity contribution in [2.24, 2.45) is 0 Å². The first-order valence-electron chi connectivity index (χ1n) is 7.40. The number of para-hydroxylation sites is 1. The molecule has 0 unspecified atom stereocenters. The van der Waals surface area contributed by atoms with Crippen molar-refractivity contribution < 1.29 is 0 Å². The summed E-state index contributed by atoms with van der Waals surface area (Å²) in [5.74, 6) is 0. The molecule has 1 N–H and O–H groups in total. The van der Waals surface area contributed by atoms with Crippen molar-refractivity contribution >= 4 is 5.69 Å². The van der Waals surface area contributed by atoms with Gasteiger partial charge in [-0.2, -0.15) is 0 Å². The van der Waals surface area contributed by atoms with Crippen LogP contribution in [0.15, 0.2) is 24.3 Å². The predicted molar refractivity (Wildman–Crippen MR) is 78.9 cm³/mol. The highest BCUT2D eigenvalue weighted by Gasteiger charge is 2.14. The SMILES string of the molecule is CCC(CC)Nc1ccccc1CN1CCCC1. The van der Waals surface area contributed by atoms with Crippen LogP contribution in [0.1, 0.15) is 45.1 Å². The summed E-state index contributed by atoms with van der Waals surface area (Å²) in [5, 5.41) is 3.69. The van der Waals surface area contributed by atoms with Crippen LogP contribution in [0.2, 0.25) is 0 Å². The van der Waals surface area contributed by atoms with Crippen LogP contribution in [-0.4, -0.2) is 24.0 Å². The Hall–Kier alpha value is -1.02. The quantitative estimate of drug-likeness (QED) is 0.819. The van der Waals surface area contributed by atoms with Gasteiger partial charge < -0.3 is 5.32 Å². The van der Waals surface area contributed by atoms with Gasteiger partial charge in [0, 0.05) is 18.3 Å². The molecule has 0 spiro atoms. The molecule has 1 aliphatic rings. The van der Waals surface area contributed by atoms with E-state index < -0.39 is 0 Å². The Morgan fingerprint density at radius 2 is 1.78 bits per heavy atom. The van der Waals surface area contributed by atoms with Crippen LogP contribution >= 0.6 is 0 Å². The Kier molecular flexibility index (Phi) is 5.06. The standard InChI is InChI=1S/C16H26N2/c1-3-15(4-2)17-16-10-6-5-9-14(16)13-18-11-7-8-12-18/h5-6,9-10,15,17H,3-4,7-8,11-13H2,1-2H3. The van der Waals surface area contributed by atoms with Crippen molar-refractivity contribution in [3.05, 3.63) is 29.8 Å². The van der Waals surface area contributed by atoms with E-state index in [4.69, 9.17) is 0 Å². The van der Waals surface area contributed by atoms with E-state index in [1.165, 1.54) is 50.0 Å². The lowest BCUT2D eigenvalue weighted by atomic mass is 10.1. The van der Waals surface area contributed by atoms with Gasteiger partial charge in [-0.25, -0.2) is 0 Å². The monoisotopic (exact) mass is 246 g/mol. The van der Waals surface area contributed by atoms with Crippen molar-refractivity contribution in [2.45, 2.75) is 52.1 Å². The highest BCUT2D eigenvalue weighted by molar-refractivity contribution is 5.51. The minimum Gasteiger partial charge on any atom is -0.382 e. The zero-order chi connectivity index (χ0) is 12.8. The van der Waals surface area contributed by atoms with Crippen molar-refractivity contribution in [1.29, 1.82) is 0 Å². The van der Waals surface area contributed by atoms with Gasteiger partial charge in [-0.1, -0.05) is 32.0 Å². The summed E-state index contributed by atoms with van der Waals surface area (Å²) < 4.78 is 0. The number of hydrogen-bond donors (Lipinski definition) is 1. The molecule has 1 aromatic carbocycles. The number of likely N-dealkylation sites (tertiary alicyclic amines) is 1. The maximum atomic E-state index is 3.69.